The zero-order valence-electron chi connectivity index (χ0n) is 9.44. The van der Waals surface area contributed by atoms with Crippen LogP contribution >= 0.6 is 38.9 Å². The maximum absolute atomic E-state index is 6.00. The zero-order chi connectivity index (χ0) is 12.5. The van der Waals surface area contributed by atoms with Crippen LogP contribution in [0.2, 0.25) is 5.02 Å². The molecular weight excluding hydrogens is 330 g/mol. The van der Waals surface area contributed by atoms with Gasteiger partial charge in [0.25, 0.3) is 0 Å². The third kappa shape index (κ3) is 2.44. The van der Waals surface area contributed by atoms with E-state index in [0.29, 0.717) is 0 Å². The summed E-state index contributed by atoms with van der Waals surface area (Å²) in [6.07, 6.45) is 0. The van der Waals surface area contributed by atoms with E-state index in [1.165, 1.54) is 15.8 Å². The van der Waals surface area contributed by atoms with Crippen molar-refractivity contribution in [2.24, 2.45) is 0 Å². The van der Waals surface area contributed by atoms with Gasteiger partial charge in [0.1, 0.15) is 4.70 Å². The number of halogens is 2. The van der Waals surface area contributed by atoms with Crippen molar-refractivity contribution < 1.29 is 4.57 Å². The fourth-order valence-corrected chi connectivity index (χ4v) is 3.34. The molecular formula is C14H10BrClNS+. The molecule has 1 heterocycles. The Morgan fingerprint density at radius 2 is 1.89 bits per heavy atom. The number of benzene rings is 2. The quantitative estimate of drug-likeness (QED) is 0.598. The molecule has 0 radical (unpaired) electrons. The lowest BCUT2D eigenvalue weighted by molar-refractivity contribution is -0.658. The molecule has 18 heavy (non-hydrogen) atoms. The molecule has 0 atom stereocenters. The van der Waals surface area contributed by atoms with Crippen molar-refractivity contribution in [2.75, 3.05) is 0 Å². The second-order valence-corrected chi connectivity index (χ2v) is 6.33. The third-order valence-electron chi connectivity index (χ3n) is 2.80. The van der Waals surface area contributed by atoms with E-state index in [1.54, 1.807) is 11.3 Å². The molecule has 0 aliphatic heterocycles. The highest BCUT2D eigenvalue weighted by Crippen LogP contribution is 2.21. The van der Waals surface area contributed by atoms with Gasteiger partial charge in [-0.3, -0.25) is 0 Å². The van der Waals surface area contributed by atoms with Crippen molar-refractivity contribution in [1.82, 2.24) is 0 Å². The summed E-state index contributed by atoms with van der Waals surface area (Å²) in [5.74, 6) is 0. The maximum Gasteiger partial charge on any atom is 0.226 e. The first-order chi connectivity index (χ1) is 8.72. The predicted molar refractivity (Wildman–Crippen MR) is 80.3 cm³/mol. The van der Waals surface area contributed by atoms with Crippen molar-refractivity contribution in [3.05, 3.63) is 63.0 Å². The van der Waals surface area contributed by atoms with Gasteiger partial charge in [0.15, 0.2) is 6.54 Å². The Balaban J connectivity index is 1.97. The fourth-order valence-electron chi connectivity index (χ4n) is 1.91. The van der Waals surface area contributed by atoms with E-state index < -0.39 is 0 Å². The normalized spacial score (nSPS) is 11.0. The van der Waals surface area contributed by atoms with Gasteiger partial charge in [-0.25, -0.2) is 0 Å². The molecule has 0 unspecified atom stereocenters. The number of hydrogen-bond donors (Lipinski definition) is 0. The van der Waals surface area contributed by atoms with Crippen LogP contribution in [-0.2, 0) is 6.54 Å². The van der Waals surface area contributed by atoms with Crippen molar-refractivity contribution in [3.8, 4) is 0 Å². The number of fused-ring (bicyclic) bond motifs is 1. The lowest BCUT2D eigenvalue weighted by atomic mass is 10.2. The molecule has 2 aromatic carbocycles. The first-order valence-electron chi connectivity index (χ1n) is 5.53. The Labute approximate surface area is 123 Å². The van der Waals surface area contributed by atoms with Crippen LogP contribution in [0.25, 0.3) is 10.2 Å². The summed E-state index contributed by atoms with van der Waals surface area (Å²) < 4.78 is 4.58. The molecule has 0 saturated carbocycles. The Morgan fingerprint density at radius 1 is 1.11 bits per heavy atom. The van der Waals surface area contributed by atoms with Crippen LogP contribution in [-0.4, -0.2) is 0 Å². The first kappa shape index (κ1) is 12.2. The Kier molecular flexibility index (Phi) is 3.37. The molecule has 0 saturated heterocycles. The second kappa shape index (κ2) is 5.00. The van der Waals surface area contributed by atoms with Gasteiger partial charge in [-0.2, -0.15) is 4.57 Å². The minimum Gasteiger partial charge on any atom is -0.184 e. The van der Waals surface area contributed by atoms with Gasteiger partial charge in [0.05, 0.1) is 0 Å². The lowest BCUT2D eigenvalue weighted by Gasteiger charge is -1.97. The summed E-state index contributed by atoms with van der Waals surface area (Å²) in [5.41, 5.74) is 4.66. The van der Waals surface area contributed by atoms with E-state index in [1.807, 2.05) is 12.1 Å². The van der Waals surface area contributed by atoms with Gasteiger partial charge in [-0.05, 0) is 24.3 Å². The van der Waals surface area contributed by atoms with Gasteiger partial charge < -0.3 is 0 Å². The van der Waals surface area contributed by atoms with Crippen LogP contribution < -0.4 is 4.57 Å². The van der Waals surface area contributed by atoms with E-state index >= 15 is 0 Å². The standard InChI is InChI=1S/C14H10BrClNS/c15-11-3-1-10(2-4-11)8-17-9-18-14-7-12(16)5-6-13(14)17/h1-7,9H,8H2/q+1. The fraction of sp³-hybridized carbons (Fsp3) is 0.0714. The monoisotopic (exact) mass is 338 g/mol. The SMILES string of the molecule is Clc1ccc2c(c1)sc[n+]2Cc1ccc(Br)cc1. The molecule has 0 fully saturated rings. The molecule has 3 aromatic rings. The lowest BCUT2D eigenvalue weighted by Crippen LogP contribution is -2.31. The zero-order valence-corrected chi connectivity index (χ0v) is 12.6. The third-order valence-corrected chi connectivity index (χ3v) is 4.51. The smallest absolute Gasteiger partial charge is 0.184 e. The summed E-state index contributed by atoms with van der Waals surface area (Å²) >= 11 is 11.2. The highest BCUT2D eigenvalue weighted by atomic mass is 79.9. The molecule has 90 valence electrons. The Bertz CT molecular complexity index is 691. The summed E-state index contributed by atoms with van der Waals surface area (Å²) in [7, 11) is 0. The molecule has 0 aliphatic rings. The minimum absolute atomic E-state index is 0.792. The highest BCUT2D eigenvalue weighted by molar-refractivity contribution is 9.10. The van der Waals surface area contributed by atoms with Crippen molar-refractivity contribution >= 4 is 49.1 Å². The number of aromatic nitrogens is 1. The molecule has 0 amide bonds. The molecule has 3 rings (SSSR count). The molecule has 0 N–H and O–H groups in total. The largest absolute Gasteiger partial charge is 0.226 e. The summed E-state index contributed by atoms with van der Waals surface area (Å²) in [6.45, 7) is 0.884. The van der Waals surface area contributed by atoms with Crippen LogP contribution in [0.4, 0.5) is 0 Å². The van der Waals surface area contributed by atoms with Crippen LogP contribution in [0.1, 0.15) is 5.56 Å². The van der Waals surface area contributed by atoms with E-state index in [0.717, 1.165) is 16.0 Å². The van der Waals surface area contributed by atoms with Gasteiger partial charge in [0.2, 0.25) is 11.0 Å². The summed E-state index contributed by atoms with van der Waals surface area (Å²) in [4.78, 5) is 0. The van der Waals surface area contributed by atoms with Gasteiger partial charge in [-0.15, -0.1) is 0 Å². The van der Waals surface area contributed by atoms with Gasteiger partial charge in [-0.1, -0.05) is 51.0 Å². The molecule has 1 nitrogen and oxygen atoms in total. The highest BCUT2D eigenvalue weighted by Gasteiger charge is 2.12. The summed E-state index contributed by atoms with van der Waals surface area (Å²) in [5, 5.41) is 0.792. The summed E-state index contributed by atoms with van der Waals surface area (Å²) in [6, 6.07) is 14.4. The topological polar surface area (TPSA) is 3.88 Å². The number of hydrogen-bond acceptors (Lipinski definition) is 1. The Hall–Kier alpha value is -0.900. The van der Waals surface area contributed by atoms with E-state index in [9.17, 15) is 0 Å². The second-order valence-electron chi connectivity index (χ2n) is 4.09. The average molecular weight is 340 g/mol. The van der Waals surface area contributed by atoms with Gasteiger partial charge >= 0.3 is 0 Å². The predicted octanol–water partition coefficient (Wildman–Crippen LogP) is 4.65. The van der Waals surface area contributed by atoms with E-state index in [2.05, 4.69) is 56.3 Å². The molecule has 1 aromatic heterocycles. The average Bonchev–Trinajstić information content (AvgIpc) is 2.74. The number of nitrogens with zero attached hydrogens (tertiary/aromatic N) is 1. The molecule has 4 heteroatoms. The molecule has 0 bridgehead atoms. The molecule has 0 spiro atoms. The molecule has 0 aliphatic carbocycles. The van der Waals surface area contributed by atoms with E-state index in [-0.39, 0.29) is 0 Å². The maximum atomic E-state index is 6.00. The van der Waals surface area contributed by atoms with Gasteiger partial charge in [0, 0.05) is 21.1 Å². The van der Waals surface area contributed by atoms with Crippen molar-refractivity contribution in [3.63, 3.8) is 0 Å². The minimum atomic E-state index is 0.792. The number of rotatable bonds is 2. The van der Waals surface area contributed by atoms with E-state index in [4.69, 9.17) is 11.6 Å². The Morgan fingerprint density at radius 3 is 2.67 bits per heavy atom. The van der Waals surface area contributed by atoms with Crippen LogP contribution in [0.3, 0.4) is 0 Å². The first-order valence-corrected chi connectivity index (χ1v) is 7.58. The number of thiazole rings is 1. The van der Waals surface area contributed by atoms with Crippen molar-refractivity contribution in [2.45, 2.75) is 6.54 Å². The van der Waals surface area contributed by atoms with Crippen LogP contribution in [0, 0.1) is 0 Å². The van der Waals surface area contributed by atoms with Crippen LogP contribution in [0.5, 0.6) is 0 Å². The van der Waals surface area contributed by atoms with Crippen LogP contribution in [0.15, 0.2) is 52.4 Å². The van der Waals surface area contributed by atoms with Crippen molar-refractivity contribution in [1.29, 1.82) is 0 Å².